The third-order valence-corrected chi connectivity index (χ3v) is 4.71. The molecular weight excluding hydrogens is 344 g/mol. The number of benzene rings is 2. The van der Waals surface area contributed by atoms with E-state index in [0.717, 1.165) is 11.1 Å². The lowest BCUT2D eigenvalue weighted by molar-refractivity contribution is -0.160. The second-order valence-corrected chi connectivity index (χ2v) is 7.60. The largest absolute Gasteiger partial charge is 0.399 e. The third-order valence-electron chi connectivity index (χ3n) is 4.71. The van der Waals surface area contributed by atoms with E-state index in [0.29, 0.717) is 24.2 Å². The van der Waals surface area contributed by atoms with Crippen molar-refractivity contribution in [1.29, 1.82) is 0 Å². The molecule has 0 saturated carbocycles. The Hall–Kier alpha value is -2.12. The van der Waals surface area contributed by atoms with Crippen LogP contribution in [0.4, 0.5) is 11.4 Å². The number of aliphatic hydroxyl groups is 2. The predicted molar refractivity (Wildman–Crippen MR) is 105 cm³/mol. The molecule has 1 fully saturated rings. The highest BCUT2D eigenvalue weighted by Crippen LogP contribution is 2.33. The van der Waals surface area contributed by atoms with Crippen LogP contribution < -0.4 is 11.5 Å². The molecule has 6 N–H and O–H groups in total. The van der Waals surface area contributed by atoms with Crippen LogP contribution in [0, 0.1) is 0 Å². The fraction of sp³-hybridized carbons (Fsp3) is 0.429. The van der Waals surface area contributed by atoms with Gasteiger partial charge in [-0.25, -0.2) is 0 Å². The average Bonchev–Trinajstić information content (AvgIpc) is 2.91. The highest BCUT2D eigenvalue weighted by atomic mass is 16.8. The number of anilines is 2. The van der Waals surface area contributed by atoms with Crippen LogP contribution in [0.15, 0.2) is 48.5 Å². The normalized spacial score (nSPS) is 23.9. The Morgan fingerprint density at radius 3 is 1.63 bits per heavy atom. The smallest absolute Gasteiger partial charge is 0.164 e. The first-order valence-corrected chi connectivity index (χ1v) is 9.14. The van der Waals surface area contributed by atoms with Crippen LogP contribution in [0.1, 0.15) is 25.0 Å². The molecule has 27 heavy (non-hydrogen) atoms. The van der Waals surface area contributed by atoms with Gasteiger partial charge in [0.1, 0.15) is 12.2 Å². The standard InChI is InChI=1S/C21H28N2O4/c1-21(2)26-19(17(24)11-13-5-3-7-15(22)9-13)20(27-21)18(25)12-14-6-4-8-16(23)10-14/h3-10,17-20,24-25H,11-12,22-23H2,1-2H3/t17-,18-,19-,20-/m0/s1. The fourth-order valence-corrected chi connectivity index (χ4v) is 3.57. The van der Waals surface area contributed by atoms with E-state index in [-0.39, 0.29) is 0 Å². The monoisotopic (exact) mass is 372 g/mol. The van der Waals surface area contributed by atoms with Crippen molar-refractivity contribution >= 4 is 11.4 Å². The molecule has 0 amide bonds. The molecular formula is C21H28N2O4. The topological polar surface area (TPSA) is 111 Å². The molecule has 0 radical (unpaired) electrons. The number of nitrogen functional groups attached to an aromatic ring is 2. The molecule has 0 bridgehead atoms. The molecule has 0 aliphatic carbocycles. The van der Waals surface area contributed by atoms with Gasteiger partial charge in [0, 0.05) is 24.2 Å². The van der Waals surface area contributed by atoms with Crippen LogP contribution in [-0.4, -0.2) is 40.4 Å². The van der Waals surface area contributed by atoms with Crippen molar-refractivity contribution in [2.75, 3.05) is 11.5 Å². The van der Waals surface area contributed by atoms with E-state index in [1.807, 2.05) is 36.4 Å². The van der Waals surface area contributed by atoms with Crippen LogP contribution in [0.3, 0.4) is 0 Å². The lowest BCUT2D eigenvalue weighted by Crippen LogP contribution is -2.44. The van der Waals surface area contributed by atoms with Crippen molar-refractivity contribution < 1.29 is 19.7 Å². The van der Waals surface area contributed by atoms with Gasteiger partial charge in [0.2, 0.25) is 0 Å². The first-order chi connectivity index (χ1) is 12.7. The molecule has 1 saturated heterocycles. The zero-order valence-electron chi connectivity index (χ0n) is 15.7. The number of hydrogen-bond donors (Lipinski definition) is 4. The summed E-state index contributed by atoms with van der Waals surface area (Å²) in [7, 11) is 0. The fourth-order valence-electron chi connectivity index (χ4n) is 3.57. The number of hydrogen-bond acceptors (Lipinski definition) is 6. The summed E-state index contributed by atoms with van der Waals surface area (Å²) in [6.45, 7) is 3.56. The predicted octanol–water partition coefficient (Wildman–Crippen LogP) is 1.88. The SMILES string of the molecule is CC1(C)O[C@@H]([C@@H](O)Cc2cccc(N)c2)[C@H]([C@@H](O)Cc2cccc(N)c2)O1. The molecule has 2 aromatic rings. The third kappa shape index (κ3) is 4.99. The van der Waals surface area contributed by atoms with Crippen LogP contribution in [0.5, 0.6) is 0 Å². The molecule has 6 nitrogen and oxygen atoms in total. The van der Waals surface area contributed by atoms with Crippen LogP contribution >= 0.6 is 0 Å². The number of ether oxygens (including phenoxy) is 2. The molecule has 2 aromatic carbocycles. The Bertz CT molecular complexity index is 717. The van der Waals surface area contributed by atoms with Gasteiger partial charge < -0.3 is 31.2 Å². The van der Waals surface area contributed by atoms with Gasteiger partial charge in [0.05, 0.1) is 12.2 Å². The zero-order chi connectivity index (χ0) is 19.6. The van der Waals surface area contributed by atoms with Crippen molar-refractivity contribution in [2.24, 2.45) is 0 Å². The van der Waals surface area contributed by atoms with Crippen molar-refractivity contribution in [1.82, 2.24) is 0 Å². The Kier molecular flexibility index (Phi) is 5.72. The summed E-state index contributed by atoms with van der Waals surface area (Å²) < 4.78 is 11.8. The van der Waals surface area contributed by atoms with Crippen molar-refractivity contribution in [3.63, 3.8) is 0 Å². The van der Waals surface area contributed by atoms with E-state index >= 15 is 0 Å². The first-order valence-electron chi connectivity index (χ1n) is 9.14. The zero-order valence-corrected chi connectivity index (χ0v) is 15.7. The maximum Gasteiger partial charge on any atom is 0.164 e. The summed E-state index contributed by atoms with van der Waals surface area (Å²) in [6.07, 6.45) is -2.27. The average molecular weight is 372 g/mol. The number of nitrogens with two attached hydrogens (primary N) is 2. The van der Waals surface area contributed by atoms with Crippen LogP contribution in [-0.2, 0) is 22.3 Å². The van der Waals surface area contributed by atoms with Gasteiger partial charge in [-0.05, 0) is 49.2 Å². The lowest BCUT2D eigenvalue weighted by atomic mass is 9.94. The Balaban J connectivity index is 1.73. The van der Waals surface area contributed by atoms with E-state index in [4.69, 9.17) is 20.9 Å². The van der Waals surface area contributed by atoms with Gasteiger partial charge >= 0.3 is 0 Å². The van der Waals surface area contributed by atoms with Gasteiger partial charge in [-0.2, -0.15) is 0 Å². The molecule has 1 aliphatic heterocycles. The van der Waals surface area contributed by atoms with Gasteiger partial charge in [0.15, 0.2) is 5.79 Å². The van der Waals surface area contributed by atoms with Gasteiger partial charge in [0.25, 0.3) is 0 Å². The summed E-state index contributed by atoms with van der Waals surface area (Å²) in [6, 6.07) is 14.7. The summed E-state index contributed by atoms with van der Waals surface area (Å²) in [5.41, 5.74) is 14.7. The minimum atomic E-state index is -0.886. The highest BCUT2D eigenvalue weighted by Gasteiger charge is 2.47. The molecule has 1 aliphatic rings. The number of aliphatic hydroxyl groups excluding tert-OH is 2. The molecule has 0 spiro atoms. The molecule has 6 heteroatoms. The highest BCUT2D eigenvalue weighted by molar-refractivity contribution is 5.41. The second-order valence-electron chi connectivity index (χ2n) is 7.60. The van der Waals surface area contributed by atoms with Crippen LogP contribution in [0.25, 0.3) is 0 Å². The molecule has 0 aromatic heterocycles. The molecule has 0 unspecified atom stereocenters. The molecule has 1 heterocycles. The van der Waals surface area contributed by atoms with Gasteiger partial charge in [-0.1, -0.05) is 24.3 Å². The lowest BCUT2D eigenvalue weighted by Gasteiger charge is -2.26. The maximum atomic E-state index is 10.8. The second kappa shape index (κ2) is 7.86. The van der Waals surface area contributed by atoms with Crippen LogP contribution in [0.2, 0.25) is 0 Å². The summed E-state index contributed by atoms with van der Waals surface area (Å²) in [5.74, 6) is -0.886. The van der Waals surface area contributed by atoms with E-state index in [2.05, 4.69) is 0 Å². The Morgan fingerprint density at radius 2 is 1.26 bits per heavy atom. The Morgan fingerprint density at radius 1 is 0.852 bits per heavy atom. The van der Waals surface area contributed by atoms with Crippen molar-refractivity contribution in [3.05, 3.63) is 59.7 Å². The maximum absolute atomic E-state index is 10.8. The van der Waals surface area contributed by atoms with E-state index in [1.54, 1.807) is 26.0 Å². The van der Waals surface area contributed by atoms with E-state index < -0.39 is 30.2 Å². The first kappa shape index (κ1) is 19.6. The van der Waals surface area contributed by atoms with Gasteiger partial charge in [-0.15, -0.1) is 0 Å². The quantitative estimate of drug-likeness (QED) is 0.576. The summed E-state index contributed by atoms with van der Waals surface area (Å²) >= 11 is 0. The Labute approximate surface area is 159 Å². The molecule has 4 atom stereocenters. The minimum absolute atomic E-state index is 0.358. The minimum Gasteiger partial charge on any atom is -0.399 e. The van der Waals surface area contributed by atoms with Gasteiger partial charge in [-0.3, -0.25) is 0 Å². The van der Waals surface area contributed by atoms with E-state index in [1.165, 1.54) is 0 Å². The van der Waals surface area contributed by atoms with Crippen molar-refractivity contribution in [2.45, 2.75) is 56.9 Å². The molecule has 3 rings (SSSR count). The van der Waals surface area contributed by atoms with E-state index in [9.17, 15) is 10.2 Å². The summed E-state index contributed by atoms with van der Waals surface area (Å²) in [4.78, 5) is 0. The molecule has 146 valence electrons. The van der Waals surface area contributed by atoms with Crippen molar-refractivity contribution in [3.8, 4) is 0 Å². The summed E-state index contributed by atoms with van der Waals surface area (Å²) in [5, 5.41) is 21.6. The number of rotatable bonds is 6.